The number of hydrogen-bond acceptors (Lipinski definition) is 5. The Morgan fingerprint density at radius 2 is 2.00 bits per heavy atom. The fourth-order valence-electron chi connectivity index (χ4n) is 3.44. The molecule has 0 bridgehead atoms. The van der Waals surface area contributed by atoms with Gasteiger partial charge in [0.2, 0.25) is 11.1 Å². The lowest BCUT2D eigenvalue weighted by atomic mass is 9.88. The van der Waals surface area contributed by atoms with E-state index in [4.69, 9.17) is 5.84 Å². The minimum atomic E-state index is -0.331. The molecule has 0 saturated heterocycles. The van der Waals surface area contributed by atoms with Crippen molar-refractivity contribution in [3.63, 3.8) is 0 Å². The van der Waals surface area contributed by atoms with Crippen LogP contribution in [0.15, 0.2) is 53.7 Å². The van der Waals surface area contributed by atoms with Crippen LogP contribution in [0.1, 0.15) is 30.0 Å². The molecule has 0 fully saturated rings. The second-order valence-corrected chi connectivity index (χ2v) is 7.63. The standard InChI is InChI=1S/C20H20FN5OS/c21-15-10-8-14(9-11-15)19-24-25-20(26(19)22)28-12-18(27)23-17-7-3-5-13-4-1-2-6-16(13)17/h1-2,4,6,8-11,17H,3,5,7,12,22H2,(H,23,27)/t17-/m0/s1. The van der Waals surface area contributed by atoms with Crippen LogP contribution in [-0.2, 0) is 11.2 Å². The molecule has 6 nitrogen and oxygen atoms in total. The van der Waals surface area contributed by atoms with Gasteiger partial charge in [-0.2, -0.15) is 0 Å². The van der Waals surface area contributed by atoms with Crippen molar-refractivity contribution in [2.75, 3.05) is 11.6 Å². The summed E-state index contributed by atoms with van der Waals surface area (Å²) in [5, 5.41) is 11.6. The summed E-state index contributed by atoms with van der Waals surface area (Å²) in [6, 6.07) is 14.1. The van der Waals surface area contributed by atoms with Gasteiger partial charge in [0.05, 0.1) is 11.8 Å². The molecule has 0 saturated carbocycles. The molecule has 8 heteroatoms. The van der Waals surface area contributed by atoms with E-state index in [1.807, 2.05) is 12.1 Å². The summed E-state index contributed by atoms with van der Waals surface area (Å²) in [7, 11) is 0. The third-order valence-electron chi connectivity index (χ3n) is 4.80. The first kappa shape index (κ1) is 18.5. The molecule has 1 amide bonds. The summed E-state index contributed by atoms with van der Waals surface area (Å²) in [5.74, 6) is 6.26. The number of carbonyl (C=O) groups excluding carboxylic acids is 1. The van der Waals surface area contributed by atoms with Crippen molar-refractivity contribution >= 4 is 17.7 Å². The Kier molecular flexibility index (Phi) is 5.29. The summed E-state index contributed by atoms with van der Waals surface area (Å²) in [6.07, 6.45) is 3.06. The van der Waals surface area contributed by atoms with Crippen molar-refractivity contribution in [1.29, 1.82) is 0 Å². The number of benzene rings is 2. The van der Waals surface area contributed by atoms with Gasteiger partial charge in [-0.15, -0.1) is 10.2 Å². The van der Waals surface area contributed by atoms with Crippen LogP contribution in [0.4, 0.5) is 4.39 Å². The van der Waals surface area contributed by atoms with E-state index < -0.39 is 0 Å². The number of nitrogen functional groups attached to an aromatic ring is 1. The molecule has 1 aliphatic carbocycles. The smallest absolute Gasteiger partial charge is 0.230 e. The first-order valence-corrected chi connectivity index (χ1v) is 10.1. The van der Waals surface area contributed by atoms with E-state index in [1.165, 1.54) is 39.7 Å². The zero-order chi connectivity index (χ0) is 19.5. The molecule has 0 spiro atoms. The van der Waals surface area contributed by atoms with Gasteiger partial charge in [-0.3, -0.25) is 4.79 Å². The molecule has 0 radical (unpaired) electrons. The summed E-state index contributed by atoms with van der Waals surface area (Å²) >= 11 is 1.22. The van der Waals surface area contributed by atoms with Gasteiger partial charge >= 0.3 is 0 Å². The summed E-state index contributed by atoms with van der Waals surface area (Å²) < 4.78 is 14.4. The molecule has 3 N–H and O–H groups in total. The number of nitrogens with one attached hydrogen (secondary N) is 1. The van der Waals surface area contributed by atoms with Gasteiger partial charge < -0.3 is 11.2 Å². The minimum Gasteiger partial charge on any atom is -0.349 e. The van der Waals surface area contributed by atoms with Gasteiger partial charge in [-0.05, 0) is 54.7 Å². The number of hydrogen-bond donors (Lipinski definition) is 2. The largest absolute Gasteiger partial charge is 0.349 e. The molecule has 1 aliphatic rings. The van der Waals surface area contributed by atoms with E-state index in [2.05, 4.69) is 27.6 Å². The molecule has 144 valence electrons. The fraction of sp³-hybridized carbons (Fsp3) is 0.250. The zero-order valence-electron chi connectivity index (χ0n) is 15.1. The molecule has 1 aromatic heterocycles. The highest BCUT2D eigenvalue weighted by atomic mass is 32.2. The number of nitrogens with zero attached hydrogens (tertiary/aromatic N) is 3. The number of nitrogens with two attached hydrogens (primary N) is 1. The van der Waals surface area contributed by atoms with Crippen LogP contribution in [0.3, 0.4) is 0 Å². The van der Waals surface area contributed by atoms with Crippen LogP contribution in [0.25, 0.3) is 11.4 Å². The maximum absolute atomic E-state index is 13.1. The van der Waals surface area contributed by atoms with E-state index >= 15 is 0 Å². The van der Waals surface area contributed by atoms with Gasteiger partial charge in [-0.25, -0.2) is 9.07 Å². The number of carbonyl (C=O) groups is 1. The van der Waals surface area contributed by atoms with E-state index in [0.717, 1.165) is 19.3 Å². The topological polar surface area (TPSA) is 85.8 Å². The first-order valence-electron chi connectivity index (χ1n) is 9.08. The van der Waals surface area contributed by atoms with Gasteiger partial charge in [0, 0.05) is 5.56 Å². The number of fused-ring (bicyclic) bond motifs is 1. The molecular weight excluding hydrogens is 377 g/mol. The number of amides is 1. The van der Waals surface area contributed by atoms with Crippen molar-refractivity contribution < 1.29 is 9.18 Å². The Morgan fingerprint density at radius 3 is 2.82 bits per heavy atom. The van der Waals surface area contributed by atoms with Crippen LogP contribution in [0.5, 0.6) is 0 Å². The highest BCUT2D eigenvalue weighted by molar-refractivity contribution is 7.99. The number of halogens is 1. The predicted molar refractivity (Wildman–Crippen MR) is 107 cm³/mol. The molecule has 2 aromatic carbocycles. The third kappa shape index (κ3) is 3.87. The quantitative estimate of drug-likeness (QED) is 0.510. The fourth-order valence-corrected chi connectivity index (χ4v) is 4.11. The second kappa shape index (κ2) is 8.02. The van der Waals surface area contributed by atoms with Gasteiger partial charge in [-0.1, -0.05) is 36.0 Å². The maximum atomic E-state index is 13.1. The molecule has 28 heavy (non-hydrogen) atoms. The normalized spacial score (nSPS) is 15.8. The Bertz CT molecular complexity index is 989. The van der Waals surface area contributed by atoms with Crippen LogP contribution in [0, 0.1) is 5.82 Å². The zero-order valence-corrected chi connectivity index (χ0v) is 16.0. The lowest BCUT2D eigenvalue weighted by Crippen LogP contribution is -2.32. The SMILES string of the molecule is Nn1c(SCC(=O)N[C@H]2CCCc3ccccc32)nnc1-c1ccc(F)cc1. The molecule has 1 heterocycles. The number of rotatable bonds is 5. The van der Waals surface area contributed by atoms with Crippen LogP contribution in [0.2, 0.25) is 0 Å². The van der Waals surface area contributed by atoms with Gasteiger partial charge in [0.1, 0.15) is 5.82 Å². The third-order valence-corrected chi connectivity index (χ3v) is 5.75. The lowest BCUT2D eigenvalue weighted by Gasteiger charge is -2.26. The maximum Gasteiger partial charge on any atom is 0.230 e. The highest BCUT2D eigenvalue weighted by Crippen LogP contribution is 2.29. The minimum absolute atomic E-state index is 0.0450. The van der Waals surface area contributed by atoms with E-state index in [0.29, 0.717) is 16.5 Å². The van der Waals surface area contributed by atoms with Gasteiger partial charge in [0.25, 0.3) is 0 Å². The summed E-state index contributed by atoms with van der Waals surface area (Å²) in [4.78, 5) is 12.4. The monoisotopic (exact) mass is 397 g/mol. The van der Waals surface area contributed by atoms with Crippen LogP contribution < -0.4 is 11.2 Å². The Morgan fingerprint density at radius 1 is 1.21 bits per heavy atom. The van der Waals surface area contributed by atoms with Crippen molar-refractivity contribution in [2.45, 2.75) is 30.5 Å². The summed E-state index contributed by atoms with van der Waals surface area (Å²) in [5.41, 5.74) is 3.16. The van der Waals surface area contributed by atoms with Crippen molar-refractivity contribution in [3.05, 3.63) is 65.5 Å². The molecule has 0 unspecified atom stereocenters. The van der Waals surface area contributed by atoms with Gasteiger partial charge in [0.15, 0.2) is 5.82 Å². The number of aromatic nitrogens is 3. The summed E-state index contributed by atoms with van der Waals surface area (Å²) in [6.45, 7) is 0. The van der Waals surface area contributed by atoms with E-state index in [1.54, 1.807) is 12.1 Å². The molecule has 3 aromatic rings. The molecular formula is C20H20FN5OS. The lowest BCUT2D eigenvalue weighted by molar-refractivity contribution is -0.119. The first-order chi connectivity index (χ1) is 13.6. The second-order valence-electron chi connectivity index (χ2n) is 6.68. The van der Waals surface area contributed by atoms with E-state index in [-0.39, 0.29) is 23.5 Å². The average Bonchev–Trinajstić information content (AvgIpc) is 3.08. The molecule has 1 atom stereocenters. The van der Waals surface area contributed by atoms with Crippen molar-refractivity contribution in [1.82, 2.24) is 20.2 Å². The van der Waals surface area contributed by atoms with E-state index in [9.17, 15) is 9.18 Å². The highest BCUT2D eigenvalue weighted by Gasteiger charge is 2.22. The van der Waals surface area contributed by atoms with Crippen molar-refractivity contribution in [2.24, 2.45) is 0 Å². The van der Waals surface area contributed by atoms with Crippen LogP contribution >= 0.6 is 11.8 Å². The number of thioether (sulfide) groups is 1. The Balaban J connectivity index is 1.39. The Hall–Kier alpha value is -2.87. The van der Waals surface area contributed by atoms with Crippen molar-refractivity contribution in [3.8, 4) is 11.4 Å². The molecule has 4 rings (SSSR count). The average molecular weight is 397 g/mol. The number of aryl methyl sites for hydroxylation is 1. The Labute approximate surface area is 166 Å². The van der Waals surface area contributed by atoms with Crippen LogP contribution in [-0.4, -0.2) is 26.5 Å². The predicted octanol–water partition coefficient (Wildman–Crippen LogP) is 3.08. The molecule has 0 aliphatic heterocycles.